The highest BCUT2D eigenvalue weighted by molar-refractivity contribution is 5.73. The van der Waals surface area contributed by atoms with Gasteiger partial charge in [0.2, 0.25) is 0 Å². The van der Waals surface area contributed by atoms with Crippen LogP contribution in [0.3, 0.4) is 0 Å². The predicted molar refractivity (Wildman–Crippen MR) is 54.3 cm³/mol. The molecule has 0 fully saturated rings. The minimum absolute atomic E-state index is 0.151. The van der Waals surface area contributed by atoms with Crippen LogP contribution in [0.5, 0.6) is 0 Å². The van der Waals surface area contributed by atoms with Crippen molar-refractivity contribution in [2.24, 2.45) is 0 Å². The standard InChI is InChI=1S/C11H11F2NO2/c1-7-14-9-6-8(2-3-10(9)16-7)11(12,13)4-5-15/h2-3,6,15H,4-5H2,1H3. The van der Waals surface area contributed by atoms with Gasteiger partial charge < -0.3 is 9.52 Å². The molecule has 1 heterocycles. The molecule has 0 aliphatic heterocycles. The normalized spacial score (nSPS) is 12.2. The second-order valence-electron chi connectivity index (χ2n) is 3.59. The van der Waals surface area contributed by atoms with Crippen LogP contribution >= 0.6 is 0 Å². The first-order valence-corrected chi connectivity index (χ1v) is 4.89. The van der Waals surface area contributed by atoms with Gasteiger partial charge in [0.05, 0.1) is 0 Å². The molecule has 1 aromatic heterocycles. The number of hydrogen-bond donors (Lipinski definition) is 1. The number of aliphatic hydroxyl groups excluding tert-OH is 1. The van der Waals surface area contributed by atoms with Gasteiger partial charge in [-0.2, -0.15) is 0 Å². The highest BCUT2D eigenvalue weighted by atomic mass is 19.3. The zero-order valence-electron chi connectivity index (χ0n) is 8.70. The van der Waals surface area contributed by atoms with Crippen molar-refractivity contribution in [1.29, 1.82) is 0 Å². The number of alkyl halides is 2. The number of rotatable bonds is 3. The Bertz CT molecular complexity index is 508. The lowest BCUT2D eigenvalue weighted by molar-refractivity contribution is -0.0268. The van der Waals surface area contributed by atoms with Gasteiger partial charge in [0, 0.05) is 25.5 Å². The van der Waals surface area contributed by atoms with Crippen LogP contribution < -0.4 is 0 Å². The molecule has 2 aromatic rings. The molecule has 3 nitrogen and oxygen atoms in total. The van der Waals surface area contributed by atoms with E-state index in [1.807, 2.05) is 0 Å². The lowest BCUT2D eigenvalue weighted by Gasteiger charge is -2.14. The van der Waals surface area contributed by atoms with Crippen LogP contribution in [0.15, 0.2) is 22.6 Å². The van der Waals surface area contributed by atoms with Crippen molar-refractivity contribution in [2.45, 2.75) is 19.3 Å². The molecule has 0 aliphatic rings. The highest BCUT2D eigenvalue weighted by Crippen LogP contribution is 2.33. The van der Waals surface area contributed by atoms with E-state index >= 15 is 0 Å². The zero-order valence-corrected chi connectivity index (χ0v) is 8.70. The average molecular weight is 227 g/mol. The Morgan fingerprint density at radius 2 is 2.19 bits per heavy atom. The number of halogens is 2. The number of aliphatic hydroxyl groups is 1. The van der Waals surface area contributed by atoms with E-state index in [2.05, 4.69) is 4.98 Å². The molecule has 0 radical (unpaired) electrons. The van der Waals surface area contributed by atoms with Crippen molar-refractivity contribution in [2.75, 3.05) is 6.61 Å². The molecule has 16 heavy (non-hydrogen) atoms. The summed E-state index contributed by atoms with van der Waals surface area (Å²) in [4.78, 5) is 3.98. The van der Waals surface area contributed by atoms with Crippen LogP contribution in [0.4, 0.5) is 8.78 Å². The molecule has 86 valence electrons. The fourth-order valence-corrected chi connectivity index (χ4v) is 1.55. The molecule has 0 saturated carbocycles. The minimum Gasteiger partial charge on any atom is -0.441 e. The molecular formula is C11H11F2NO2. The van der Waals surface area contributed by atoms with E-state index in [0.717, 1.165) is 0 Å². The fourth-order valence-electron chi connectivity index (χ4n) is 1.55. The van der Waals surface area contributed by atoms with Crippen LogP contribution in [-0.4, -0.2) is 16.7 Å². The van der Waals surface area contributed by atoms with E-state index in [-0.39, 0.29) is 5.56 Å². The molecule has 0 aliphatic carbocycles. The fraction of sp³-hybridized carbons (Fsp3) is 0.364. The molecule has 0 spiro atoms. The number of aromatic nitrogens is 1. The van der Waals surface area contributed by atoms with Crippen LogP contribution in [0.2, 0.25) is 0 Å². The summed E-state index contributed by atoms with van der Waals surface area (Å²) in [7, 11) is 0. The molecule has 1 aromatic carbocycles. The van der Waals surface area contributed by atoms with Gasteiger partial charge in [-0.15, -0.1) is 0 Å². The van der Waals surface area contributed by atoms with Crippen LogP contribution in [0.25, 0.3) is 11.1 Å². The predicted octanol–water partition coefficient (Wildman–Crippen LogP) is 2.61. The minimum atomic E-state index is -3.03. The van der Waals surface area contributed by atoms with E-state index in [1.54, 1.807) is 6.92 Å². The third-order valence-electron chi connectivity index (χ3n) is 2.34. The molecule has 0 atom stereocenters. The Kier molecular flexibility index (Phi) is 2.63. The third-order valence-corrected chi connectivity index (χ3v) is 2.34. The van der Waals surface area contributed by atoms with Gasteiger partial charge in [-0.1, -0.05) is 0 Å². The number of nitrogens with zero attached hydrogens (tertiary/aromatic N) is 1. The van der Waals surface area contributed by atoms with Gasteiger partial charge >= 0.3 is 0 Å². The van der Waals surface area contributed by atoms with Crippen LogP contribution in [-0.2, 0) is 5.92 Å². The van der Waals surface area contributed by atoms with E-state index < -0.39 is 19.0 Å². The molecule has 0 bridgehead atoms. The van der Waals surface area contributed by atoms with Crippen LogP contribution in [0, 0.1) is 6.92 Å². The average Bonchev–Trinajstić information content (AvgIpc) is 2.56. The smallest absolute Gasteiger partial charge is 0.275 e. The number of aryl methyl sites for hydroxylation is 1. The number of oxazole rings is 1. The molecular weight excluding hydrogens is 216 g/mol. The monoisotopic (exact) mass is 227 g/mol. The lowest BCUT2D eigenvalue weighted by Crippen LogP contribution is -2.14. The quantitative estimate of drug-likeness (QED) is 0.876. The molecule has 2 rings (SSSR count). The maximum absolute atomic E-state index is 13.5. The van der Waals surface area contributed by atoms with Crippen molar-refractivity contribution in [3.63, 3.8) is 0 Å². The summed E-state index contributed by atoms with van der Waals surface area (Å²) in [5, 5.41) is 8.57. The first-order valence-electron chi connectivity index (χ1n) is 4.89. The van der Waals surface area contributed by atoms with Gasteiger partial charge in [0.15, 0.2) is 11.5 Å². The van der Waals surface area contributed by atoms with Gasteiger partial charge in [-0.05, 0) is 18.2 Å². The Balaban J connectivity index is 2.45. The first-order chi connectivity index (χ1) is 7.53. The SMILES string of the molecule is Cc1nc2cc(C(F)(F)CCO)ccc2o1. The van der Waals surface area contributed by atoms with Crippen molar-refractivity contribution < 1.29 is 18.3 Å². The largest absolute Gasteiger partial charge is 0.441 e. The summed E-state index contributed by atoms with van der Waals surface area (Å²) in [6.45, 7) is 1.11. The molecule has 0 saturated heterocycles. The molecule has 0 unspecified atom stereocenters. The summed E-state index contributed by atoms with van der Waals surface area (Å²) in [6.07, 6.45) is -0.588. The van der Waals surface area contributed by atoms with Crippen LogP contribution in [0.1, 0.15) is 17.9 Å². The zero-order chi connectivity index (χ0) is 11.8. The molecule has 5 heteroatoms. The second-order valence-corrected chi connectivity index (χ2v) is 3.59. The first kappa shape index (κ1) is 11.0. The topological polar surface area (TPSA) is 46.3 Å². The number of hydrogen-bond acceptors (Lipinski definition) is 3. The third kappa shape index (κ3) is 1.90. The summed E-state index contributed by atoms with van der Waals surface area (Å²) < 4.78 is 32.1. The molecule has 1 N–H and O–H groups in total. The Hall–Kier alpha value is -1.49. The van der Waals surface area contributed by atoms with Gasteiger partial charge in [-0.25, -0.2) is 13.8 Å². The Labute approximate surface area is 90.7 Å². The molecule has 0 amide bonds. The maximum Gasteiger partial charge on any atom is 0.275 e. The van der Waals surface area contributed by atoms with Gasteiger partial charge in [-0.3, -0.25) is 0 Å². The Morgan fingerprint density at radius 3 is 2.88 bits per heavy atom. The second kappa shape index (κ2) is 3.83. The van der Waals surface area contributed by atoms with E-state index in [4.69, 9.17) is 9.52 Å². The van der Waals surface area contributed by atoms with E-state index in [0.29, 0.717) is 17.0 Å². The summed E-state index contributed by atoms with van der Waals surface area (Å²) >= 11 is 0. The van der Waals surface area contributed by atoms with Crippen molar-refractivity contribution in [3.05, 3.63) is 29.7 Å². The highest BCUT2D eigenvalue weighted by Gasteiger charge is 2.31. The summed E-state index contributed by atoms with van der Waals surface area (Å²) in [5.41, 5.74) is 0.746. The summed E-state index contributed by atoms with van der Waals surface area (Å²) in [5.74, 6) is -2.59. The number of benzene rings is 1. The van der Waals surface area contributed by atoms with E-state index in [1.165, 1.54) is 18.2 Å². The van der Waals surface area contributed by atoms with Gasteiger partial charge in [0.1, 0.15) is 5.52 Å². The lowest BCUT2D eigenvalue weighted by atomic mass is 10.1. The van der Waals surface area contributed by atoms with Crippen molar-refractivity contribution in [1.82, 2.24) is 4.98 Å². The van der Waals surface area contributed by atoms with Gasteiger partial charge in [0.25, 0.3) is 5.92 Å². The number of fused-ring (bicyclic) bond motifs is 1. The Morgan fingerprint density at radius 1 is 1.44 bits per heavy atom. The summed E-state index contributed by atoms with van der Waals surface area (Å²) in [6, 6.07) is 4.06. The van der Waals surface area contributed by atoms with E-state index in [9.17, 15) is 8.78 Å². The van der Waals surface area contributed by atoms with Crippen molar-refractivity contribution >= 4 is 11.1 Å². The maximum atomic E-state index is 13.5. The van der Waals surface area contributed by atoms with Crippen molar-refractivity contribution in [3.8, 4) is 0 Å².